The third-order valence-corrected chi connectivity index (χ3v) is 3.32. The van der Waals surface area contributed by atoms with Gasteiger partial charge >= 0.3 is 5.97 Å². The molecule has 2 atom stereocenters. The first kappa shape index (κ1) is 13.4. The van der Waals surface area contributed by atoms with Gasteiger partial charge in [0.1, 0.15) is 17.3 Å². The summed E-state index contributed by atoms with van der Waals surface area (Å²) in [5, 5.41) is 29.1. The molecule has 0 bridgehead atoms. The van der Waals surface area contributed by atoms with E-state index in [0.717, 1.165) is 5.56 Å². The van der Waals surface area contributed by atoms with Gasteiger partial charge in [0.25, 0.3) is 0 Å². The van der Waals surface area contributed by atoms with Gasteiger partial charge in [-0.1, -0.05) is 36.4 Å². The molecule has 1 aliphatic carbocycles. The first-order valence-electron chi connectivity index (χ1n) is 6.10. The van der Waals surface area contributed by atoms with Crippen molar-refractivity contribution in [2.75, 3.05) is 0 Å². The zero-order valence-electron chi connectivity index (χ0n) is 10.4. The van der Waals surface area contributed by atoms with Crippen LogP contribution >= 0.6 is 0 Å². The van der Waals surface area contributed by atoms with E-state index >= 15 is 0 Å². The third-order valence-electron chi connectivity index (χ3n) is 3.32. The molecule has 4 nitrogen and oxygen atoms in total. The number of aliphatic hydroxyl groups is 2. The van der Waals surface area contributed by atoms with Gasteiger partial charge in [-0.2, -0.15) is 0 Å². The van der Waals surface area contributed by atoms with E-state index in [4.69, 9.17) is 5.11 Å². The van der Waals surface area contributed by atoms with Gasteiger partial charge in [0, 0.05) is 0 Å². The number of carboxylic acids is 1. The van der Waals surface area contributed by atoms with E-state index in [1.165, 1.54) is 18.2 Å². The van der Waals surface area contributed by atoms with E-state index in [2.05, 4.69) is 0 Å². The van der Waals surface area contributed by atoms with E-state index in [0.29, 0.717) is 6.42 Å². The van der Waals surface area contributed by atoms with Crippen LogP contribution < -0.4 is 0 Å². The Morgan fingerprint density at radius 3 is 2.58 bits per heavy atom. The minimum atomic E-state index is -1.56. The average Bonchev–Trinajstić information content (AvgIpc) is 2.37. The highest BCUT2D eigenvalue weighted by atomic mass is 16.4. The van der Waals surface area contributed by atoms with E-state index in [1.807, 2.05) is 30.3 Å². The fourth-order valence-electron chi connectivity index (χ4n) is 2.27. The number of hydrogen-bond donors (Lipinski definition) is 3. The Balaban J connectivity index is 2.15. The van der Waals surface area contributed by atoms with Crippen LogP contribution in [-0.2, 0) is 11.2 Å². The molecular weight excluding hydrogens is 244 g/mol. The second-order valence-electron chi connectivity index (χ2n) is 4.72. The number of aryl methyl sites for hydroxylation is 1. The fourth-order valence-corrected chi connectivity index (χ4v) is 2.27. The normalized spacial score (nSPS) is 25.9. The molecule has 1 aliphatic rings. The van der Waals surface area contributed by atoms with Crippen LogP contribution in [0.15, 0.2) is 54.3 Å². The Labute approximate surface area is 111 Å². The highest BCUT2D eigenvalue weighted by molar-refractivity contribution is 5.75. The summed E-state index contributed by atoms with van der Waals surface area (Å²) >= 11 is 0. The lowest BCUT2D eigenvalue weighted by Crippen LogP contribution is -2.41. The smallest absolute Gasteiger partial charge is 0.313 e. The van der Waals surface area contributed by atoms with Crippen molar-refractivity contribution in [3.63, 3.8) is 0 Å². The Kier molecular flexibility index (Phi) is 3.71. The van der Waals surface area contributed by atoms with Crippen molar-refractivity contribution in [3.05, 3.63) is 59.9 Å². The van der Waals surface area contributed by atoms with Gasteiger partial charge in [-0.05, 0) is 30.6 Å². The lowest BCUT2D eigenvalue weighted by molar-refractivity contribution is -0.146. The topological polar surface area (TPSA) is 77.8 Å². The van der Waals surface area contributed by atoms with Gasteiger partial charge in [0.05, 0.1) is 0 Å². The zero-order valence-corrected chi connectivity index (χ0v) is 10.4. The minimum absolute atomic E-state index is 0.104. The van der Waals surface area contributed by atoms with Gasteiger partial charge in [-0.3, -0.25) is 4.79 Å². The molecule has 19 heavy (non-hydrogen) atoms. The van der Waals surface area contributed by atoms with E-state index in [-0.39, 0.29) is 12.2 Å². The molecule has 0 aromatic heterocycles. The molecule has 0 radical (unpaired) electrons. The summed E-state index contributed by atoms with van der Waals surface area (Å²) in [4.78, 5) is 11.2. The van der Waals surface area contributed by atoms with Gasteiger partial charge in [-0.25, -0.2) is 0 Å². The van der Waals surface area contributed by atoms with E-state index in [1.54, 1.807) is 0 Å². The molecule has 2 unspecified atom stereocenters. The highest BCUT2D eigenvalue weighted by Gasteiger charge is 2.40. The number of benzene rings is 1. The maximum atomic E-state index is 11.2. The molecule has 0 fully saturated rings. The van der Waals surface area contributed by atoms with Crippen molar-refractivity contribution < 1.29 is 20.1 Å². The molecule has 0 aliphatic heterocycles. The standard InChI is InChI=1S/C15H16O4/c16-12-6-7-13(14(17)18)15(19,10-12)9-8-11-4-2-1-3-5-11/h1-7,10,13,16,19H,8-9H2,(H,17,18). The van der Waals surface area contributed by atoms with Crippen LogP contribution in [0.1, 0.15) is 12.0 Å². The molecule has 0 saturated heterocycles. The number of aliphatic carboxylic acids is 1. The molecule has 0 spiro atoms. The second kappa shape index (κ2) is 5.28. The monoisotopic (exact) mass is 260 g/mol. The Hall–Kier alpha value is -2.07. The van der Waals surface area contributed by atoms with Crippen molar-refractivity contribution in [2.45, 2.75) is 18.4 Å². The number of aliphatic hydroxyl groups excluding tert-OH is 1. The maximum Gasteiger partial charge on any atom is 0.313 e. The Bertz CT molecular complexity index is 518. The largest absolute Gasteiger partial charge is 0.508 e. The van der Waals surface area contributed by atoms with E-state index < -0.39 is 17.5 Å². The first-order chi connectivity index (χ1) is 9.01. The first-order valence-corrected chi connectivity index (χ1v) is 6.10. The molecule has 3 N–H and O–H groups in total. The van der Waals surface area contributed by atoms with Gasteiger partial charge in [0.15, 0.2) is 0 Å². The highest BCUT2D eigenvalue weighted by Crippen LogP contribution is 2.31. The molecule has 1 aromatic carbocycles. The van der Waals surface area contributed by atoms with Crippen LogP contribution in [0.25, 0.3) is 0 Å². The lowest BCUT2D eigenvalue weighted by Gasteiger charge is -2.31. The number of rotatable bonds is 4. The van der Waals surface area contributed by atoms with Gasteiger partial charge in [0.2, 0.25) is 0 Å². The second-order valence-corrected chi connectivity index (χ2v) is 4.72. The van der Waals surface area contributed by atoms with Crippen molar-refractivity contribution >= 4 is 5.97 Å². The molecule has 0 saturated carbocycles. The van der Waals surface area contributed by atoms with Crippen molar-refractivity contribution in [3.8, 4) is 0 Å². The molecule has 2 rings (SSSR count). The van der Waals surface area contributed by atoms with Crippen LogP contribution in [0.3, 0.4) is 0 Å². The van der Waals surface area contributed by atoms with Crippen molar-refractivity contribution in [1.82, 2.24) is 0 Å². The van der Waals surface area contributed by atoms with Crippen LogP contribution in [0.4, 0.5) is 0 Å². The van der Waals surface area contributed by atoms with Crippen LogP contribution in [-0.4, -0.2) is 26.9 Å². The van der Waals surface area contributed by atoms with Crippen LogP contribution in [0.5, 0.6) is 0 Å². The summed E-state index contributed by atoms with van der Waals surface area (Å²) in [6, 6.07) is 9.51. The maximum absolute atomic E-state index is 11.2. The summed E-state index contributed by atoms with van der Waals surface area (Å²) in [5.41, 5.74) is -0.539. The summed E-state index contributed by atoms with van der Waals surface area (Å²) < 4.78 is 0. The fraction of sp³-hybridized carbons (Fsp3) is 0.267. The molecular formula is C15H16O4. The SMILES string of the molecule is O=C(O)C1C=CC(O)=CC1(O)CCc1ccccc1. The van der Waals surface area contributed by atoms with Gasteiger partial charge in [-0.15, -0.1) is 0 Å². The number of allylic oxidation sites excluding steroid dienone is 1. The molecule has 1 aromatic rings. The van der Waals surface area contributed by atoms with Crippen LogP contribution in [0, 0.1) is 5.92 Å². The quantitative estimate of drug-likeness (QED) is 0.774. The Morgan fingerprint density at radius 2 is 1.95 bits per heavy atom. The molecule has 4 heteroatoms. The zero-order chi connectivity index (χ0) is 13.9. The molecule has 100 valence electrons. The Morgan fingerprint density at radius 1 is 1.26 bits per heavy atom. The van der Waals surface area contributed by atoms with Crippen molar-refractivity contribution in [1.29, 1.82) is 0 Å². The number of carboxylic acid groups (broad SMARTS) is 1. The summed E-state index contributed by atoms with van der Waals surface area (Å²) in [5.74, 6) is -2.24. The van der Waals surface area contributed by atoms with E-state index in [9.17, 15) is 15.0 Å². The average molecular weight is 260 g/mol. The number of hydrogen-bond acceptors (Lipinski definition) is 3. The summed E-state index contributed by atoms with van der Waals surface area (Å²) in [7, 11) is 0. The predicted octanol–water partition coefficient (Wildman–Crippen LogP) is 2.06. The number of carbonyl (C=O) groups is 1. The van der Waals surface area contributed by atoms with Gasteiger partial charge < -0.3 is 15.3 Å². The molecule has 0 amide bonds. The minimum Gasteiger partial charge on any atom is -0.508 e. The lowest BCUT2D eigenvalue weighted by atomic mass is 9.79. The predicted molar refractivity (Wildman–Crippen MR) is 70.7 cm³/mol. The summed E-state index contributed by atoms with van der Waals surface area (Å²) in [6.45, 7) is 0. The van der Waals surface area contributed by atoms with Crippen LogP contribution in [0.2, 0.25) is 0 Å². The molecule has 0 heterocycles. The summed E-state index contributed by atoms with van der Waals surface area (Å²) in [6.07, 6.45) is 4.62. The third kappa shape index (κ3) is 3.03. The van der Waals surface area contributed by atoms with Crippen molar-refractivity contribution in [2.24, 2.45) is 5.92 Å².